The van der Waals surface area contributed by atoms with E-state index in [1.807, 2.05) is 24.3 Å². The number of rotatable bonds is 7. The van der Waals surface area contributed by atoms with E-state index in [1.165, 1.54) is 38.2 Å². The van der Waals surface area contributed by atoms with Crippen molar-refractivity contribution in [2.24, 2.45) is 0 Å². The Bertz CT molecular complexity index is 411. The lowest BCUT2D eigenvalue weighted by Gasteiger charge is -2.11. The summed E-state index contributed by atoms with van der Waals surface area (Å²) in [6.45, 7) is 4.01. The molecule has 4 heteroatoms. The fraction of sp³-hybridized carbons (Fsp3) is 0.562. The summed E-state index contributed by atoms with van der Waals surface area (Å²) in [4.78, 5) is 10.9. The molecule has 2 rings (SSSR count). The molecule has 1 aromatic carbocycles. The van der Waals surface area contributed by atoms with Crippen molar-refractivity contribution in [2.45, 2.75) is 45.3 Å². The largest absolute Gasteiger partial charge is 0.377 e. The number of anilines is 1. The van der Waals surface area contributed by atoms with Crippen molar-refractivity contribution in [2.75, 3.05) is 18.5 Å². The minimum Gasteiger partial charge on any atom is -0.377 e. The topological polar surface area (TPSA) is 50.4 Å². The molecule has 1 aromatic rings. The second-order valence-electron chi connectivity index (χ2n) is 5.33. The number of ether oxygens (including phenoxy) is 1. The number of nitrogens with one attached hydrogen (secondary N) is 2. The van der Waals surface area contributed by atoms with E-state index in [1.54, 1.807) is 0 Å². The summed E-state index contributed by atoms with van der Waals surface area (Å²) in [6, 6.07) is 7.90. The number of carbonyl (C=O) groups excluding carboxylic acids is 1. The van der Waals surface area contributed by atoms with Crippen molar-refractivity contribution in [1.82, 2.24) is 5.32 Å². The first kappa shape index (κ1) is 15.0. The Morgan fingerprint density at radius 2 is 1.95 bits per heavy atom. The van der Waals surface area contributed by atoms with Gasteiger partial charge in [-0.25, -0.2) is 0 Å². The second kappa shape index (κ2) is 8.02. The number of hydrogen-bond acceptors (Lipinski definition) is 3. The van der Waals surface area contributed by atoms with Crippen LogP contribution in [0.3, 0.4) is 0 Å². The molecule has 0 spiro atoms. The Labute approximate surface area is 120 Å². The van der Waals surface area contributed by atoms with E-state index >= 15 is 0 Å². The van der Waals surface area contributed by atoms with Gasteiger partial charge in [0.2, 0.25) is 5.91 Å². The first-order valence-corrected chi connectivity index (χ1v) is 7.43. The van der Waals surface area contributed by atoms with E-state index in [0.717, 1.165) is 25.4 Å². The molecule has 0 aromatic heterocycles. The molecule has 0 bridgehead atoms. The Morgan fingerprint density at radius 3 is 2.60 bits per heavy atom. The molecule has 0 saturated heterocycles. The summed E-state index contributed by atoms with van der Waals surface area (Å²) in [6.07, 6.45) is 5.58. The average Bonchev–Trinajstić information content (AvgIpc) is 2.93. The van der Waals surface area contributed by atoms with Gasteiger partial charge in [0.1, 0.15) is 0 Å². The highest BCUT2D eigenvalue weighted by Gasteiger charge is 2.14. The van der Waals surface area contributed by atoms with Gasteiger partial charge in [0.25, 0.3) is 0 Å². The van der Waals surface area contributed by atoms with Gasteiger partial charge in [-0.3, -0.25) is 4.79 Å². The van der Waals surface area contributed by atoms with Gasteiger partial charge in [-0.05, 0) is 30.5 Å². The van der Waals surface area contributed by atoms with Crippen LogP contribution in [-0.2, 0) is 16.1 Å². The van der Waals surface area contributed by atoms with Crippen LogP contribution >= 0.6 is 0 Å². The maximum atomic E-state index is 10.9. The molecule has 1 aliphatic rings. The van der Waals surface area contributed by atoms with Gasteiger partial charge < -0.3 is 15.4 Å². The normalized spacial score (nSPS) is 15.4. The number of hydrogen-bond donors (Lipinski definition) is 2. The monoisotopic (exact) mass is 276 g/mol. The quantitative estimate of drug-likeness (QED) is 0.753. The molecule has 2 N–H and O–H groups in total. The zero-order valence-corrected chi connectivity index (χ0v) is 12.2. The molecule has 0 unspecified atom stereocenters. The van der Waals surface area contributed by atoms with Gasteiger partial charge in [-0.2, -0.15) is 0 Å². The second-order valence-corrected chi connectivity index (χ2v) is 5.33. The summed E-state index contributed by atoms with van der Waals surface area (Å²) in [5.41, 5.74) is 2.05. The average molecular weight is 276 g/mol. The van der Waals surface area contributed by atoms with Crippen LogP contribution in [0.2, 0.25) is 0 Å². The number of amides is 1. The Balaban J connectivity index is 1.60. The van der Waals surface area contributed by atoms with E-state index in [0.29, 0.717) is 6.10 Å². The highest BCUT2D eigenvalue weighted by atomic mass is 16.5. The van der Waals surface area contributed by atoms with Crippen molar-refractivity contribution >= 4 is 11.6 Å². The summed E-state index contributed by atoms with van der Waals surface area (Å²) >= 11 is 0. The van der Waals surface area contributed by atoms with E-state index in [9.17, 15) is 4.79 Å². The minimum atomic E-state index is -0.0417. The van der Waals surface area contributed by atoms with Gasteiger partial charge in [-0.15, -0.1) is 0 Å². The van der Waals surface area contributed by atoms with Crippen LogP contribution in [-0.4, -0.2) is 25.2 Å². The summed E-state index contributed by atoms with van der Waals surface area (Å²) in [5, 5.41) is 6.13. The van der Waals surface area contributed by atoms with Crippen molar-refractivity contribution in [3.05, 3.63) is 29.8 Å². The van der Waals surface area contributed by atoms with Crippen LogP contribution in [0.15, 0.2) is 24.3 Å². The first-order valence-electron chi connectivity index (χ1n) is 7.43. The molecular formula is C16H24N2O2. The molecule has 1 fully saturated rings. The standard InChI is InChI=1S/C16H24N2O2/c1-13(19)18-15-8-6-14(7-9-15)12-17-10-11-20-16-4-2-3-5-16/h6-9,16-17H,2-5,10-12H2,1H3,(H,18,19). The maximum absolute atomic E-state index is 10.9. The molecular weight excluding hydrogens is 252 g/mol. The van der Waals surface area contributed by atoms with Gasteiger partial charge in [0.05, 0.1) is 12.7 Å². The van der Waals surface area contributed by atoms with Crippen LogP contribution < -0.4 is 10.6 Å². The van der Waals surface area contributed by atoms with Crippen LogP contribution in [0.25, 0.3) is 0 Å². The predicted octanol–water partition coefficient (Wildman–Crippen LogP) is 2.69. The van der Waals surface area contributed by atoms with Crippen molar-refractivity contribution in [3.63, 3.8) is 0 Å². The number of carbonyl (C=O) groups is 1. The summed E-state index contributed by atoms with van der Waals surface area (Å²) in [7, 11) is 0. The lowest BCUT2D eigenvalue weighted by Crippen LogP contribution is -2.21. The predicted molar refractivity (Wildman–Crippen MR) is 80.7 cm³/mol. The lowest BCUT2D eigenvalue weighted by molar-refractivity contribution is -0.114. The minimum absolute atomic E-state index is 0.0417. The Kier molecular flexibility index (Phi) is 6.02. The molecule has 0 aliphatic heterocycles. The Morgan fingerprint density at radius 1 is 1.25 bits per heavy atom. The van der Waals surface area contributed by atoms with E-state index in [-0.39, 0.29) is 5.91 Å². The van der Waals surface area contributed by atoms with Gasteiger partial charge in [-0.1, -0.05) is 25.0 Å². The molecule has 0 heterocycles. The third-order valence-electron chi connectivity index (χ3n) is 3.54. The fourth-order valence-corrected chi connectivity index (χ4v) is 2.49. The molecule has 1 aliphatic carbocycles. The SMILES string of the molecule is CC(=O)Nc1ccc(CNCCOC2CCCC2)cc1. The van der Waals surface area contributed by atoms with E-state index < -0.39 is 0 Å². The molecule has 1 amide bonds. The molecule has 0 atom stereocenters. The van der Waals surface area contributed by atoms with Crippen molar-refractivity contribution < 1.29 is 9.53 Å². The number of benzene rings is 1. The first-order chi connectivity index (χ1) is 9.74. The Hall–Kier alpha value is -1.39. The smallest absolute Gasteiger partial charge is 0.221 e. The van der Waals surface area contributed by atoms with E-state index in [2.05, 4.69) is 10.6 Å². The van der Waals surface area contributed by atoms with Crippen LogP contribution in [0.4, 0.5) is 5.69 Å². The summed E-state index contributed by atoms with van der Waals surface area (Å²) in [5.74, 6) is -0.0417. The molecule has 110 valence electrons. The van der Waals surface area contributed by atoms with Crippen LogP contribution in [0.1, 0.15) is 38.2 Å². The van der Waals surface area contributed by atoms with E-state index in [4.69, 9.17) is 4.74 Å². The molecule has 4 nitrogen and oxygen atoms in total. The highest BCUT2D eigenvalue weighted by Crippen LogP contribution is 2.20. The van der Waals surface area contributed by atoms with Crippen LogP contribution in [0.5, 0.6) is 0 Å². The zero-order valence-electron chi connectivity index (χ0n) is 12.2. The highest BCUT2D eigenvalue weighted by molar-refractivity contribution is 5.88. The lowest BCUT2D eigenvalue weighted by atomic mass is 10.2. The molecule has 1 saturated carbocycles. The molecule has 0 radical (unpaired) electrons. The summed E-state index contributed by atoms with van der Waals surface area (Å²) < 4.78 is 5.79. The third kappa shape index (κ3) is 5.31. The van der Waals surface area contributed by atoms with Crippen molar-refractivity contribution in [3.8, 4) is 0 Å². The van der Waals surface area contributed by atoms with Gasteiger partial charge >= 0.3 is 0 Å². The maximum Gasteiger partial charge on any atom is 0.221 e. The molecule has 20 heavy (non-hydrogen) atoms. The van der Waals surface area contributed by atoms with Gasteiger partial charge in [0.15, 0.2) is 0 Å². The van der Waals surface area contributed by atoms with Crippen LogP contribution in [0, 0.1) is 0 Å². The fourth-order valence-electron chi connectivity index (χ4n) is 2.49. The van der Waals surface area contributed by atoms with Crippen molar-refractivity contribution in [1.29, 1.82) is 0 Å². The third-order valence-corrected chi connectivity index (χ3v) is 3.54. The van der Waals surface area contributed by atoms with Gasteiger partial charge in [0, 0.05) is 25.7 Å². The zero-order chi connectivity index (χ0) is 14.2.